The molecule has 10 heteroatoms. The molecule has 0 spiro atoms. The van der Waals surface area contributed by atoms with Crippen molar-refractivity contribution >= 4 is 17.8 Å². The predicted molar refractivity (Wildman–Crippen MR) is 147 cm³/mol. The molecule has 5 rings (SSSR count). The maximum absolute atomic E-state index is 13.9. The molecule has 2 fully saturated rings. The largest absolute Gasteiger partial charge is 0.508 e. The molecular formula is C30H36FN5O4. The Balaban J connectivity index is 1.40. The number of halogens is 1. The summed E-state index contributed by atoms with van der Waals surface area (Å²) in [6, 6.07) is 11.3. The van der Waals surface area contributed by atoms with Crippen LogP contribution in [0, 0.1) is 5.82 Å². The van der Waals surface area contributed by atoms with Crippen molar-refractivity contribution in [3.63, 3.8) is 0 Å². The quantitative estimate of drug-likeness (QED) is 0.516. The summed E-state index contributed by atoms with van der Waals surface area (Å²) in [4.78, 5) is 44.1. The van der Waals surface area contributed by atoms with Crippen LogP contribution >= 0.6 is 0 Å². The van der Waals surface area contributed by atoms with E-state index < -0.39 is 18.2 Å². The average molecular weight is 550 g/mol. The van der Waals surface area contributed by atoms with E-state index in [2.05, 4.69) is 11.4 Å². The molecule has 2 atom stereocenters. The molecule has 3 aliphatic rings. The average Bonchev–Trinajstić information content (AvgIpc) is 2.95. The smallest absolute Gasteiger partial charge is 0.334 e. The first-order valence-corrected chi connectivity index (χ1v) is 13.9. The zero-order valence-electron chi connectivity index (χ0n) is 22.8. The molecule has 0 unspecified atom stereocenters. The van der Waals surface area contributed by atoms with Gasteiger partial charge in [-0.3, -0.25) is 9.59 Å². The lowest BCUT2D eigenvalue weighted by Crippen LogP contribution is -2.76. The first kappa shape index (κ1) is 27.6. The van der Waals surface area contributed by atoms with Crippen LogP contribution < -0.4 is 5.32 Å². The fraction of sp³-hybridized carbons (Fsp3) is 0.433. The Bertz CT molecular complexity index is 1270. The fourth-order valence-electron chi connectivity index (χ4n) is 5.83. The number of nitrogens with one attached hydrogen (secondary N) is 1. The third kappa shape index (κ3) is 6.12. The first-order valence-electron chi connectivity index (χ1n) is 13.9. The lowest BCUT2D eigenvalue weighted by atomic mass is 9.95. The van der Waals surface area contributed by atoms with Gasteiger partial charge in [-0.15, -0.1) is 0 Å². The Morgan fingerprint density at radius 3 is 2.48 bits per heavy atom. The van der Waals surface area contributed by atoms with Crippen LogP contribution in [0.5, 0.6) is 5.75 Å². The molecule has 0 saturated carbocycles. The van der Waals surface area contributed by atoms with Crippen molar-refractivity contribution in [2.45, 2.75) is 57.3 Å². The third-order valence-electron chi connectivity index (χ3n) is 7.96. The van der Waals surface area contributed by atoms with E-state index in [0.29, 0.717) is 6.54 Å². The maximum Gasteiger partial charge on any atom is 0.334 e. The number of nitrogens with zero attached hydrogens (tertiary/aromatic N) is 4. The Hall–Kier alpha value is -3.92. The Morgan fingerprint density at radius 1 is 1.05 bits per heavy atom. The number of allylic oxidation sites excluding steroid dienone is 1. The van der Waals surface area contributed by atoms with Gasteiger partial charge in [0.1, 0.15) is 23.8 Å². The second kappa shape index (κ2) is 12.1. The zero-order chi connectivity index (χ0) is 28.2. The van der Waals surface area contributed by atoms with Gasteiger partial charge in [0, 0.05) is 26.6 Å². The van der Waals surface area contributed by atoms with Crippen molar-refractivity contribution in [3.8, 4) is 5.75 Å². The van der Waals surface area contributed by atoms with Crippen LogP contribution in [0.2, 0.25) is 0 Å². The van der Waals surface area contributed by atoms with Crippen molar-refractivity contribution in [2.75, 3.05) is 26.7 Å². The normalized spacial score (nSPS) is 21.8. The number of hydrogen-bond donors (Lipinski definition) is 2. The summed E-state index contributed by atoms with van der Waals surface area (Å²) in [5.41, 5.74) is 2.90. The molecule has 1 aliphatic carbocycles. The van der Waals surface area contributed by atoms with Gasteiger partial charge in [-0.1, -0.05) is 35.9 Å². The minimum Gasteiger partial charge on any atom is -0.508 e. The number of likely N-dealkylation sites (N-methyl/N-ethyl adjacent to an activating group) is 1. The Kier molecular flexibility index (Phi) is 8.35. The monoisotopic (exact) mass is 549 g/mol. The second-order valence-corrected chi connectivity index (χ2v) is 10.8. The molecule has 4 amide bonds. The van der Waals surface area contributed by atoms with Crippen LogP contribution in [0.1, 0.15) is 43.2 Å². The van der Waals surface area contributed by atoms with E-state index in [1.165, 1.54) is 29.1 Å². The Morgan fingerprint density at radius 2 is 1.77 bits per heavy atom. The van der Waals surface area contributed by atoms with Crippen molar-refractivity contribution in [2.24, 2.45) is 0 Å². The molecule has 40 heavy (non-hydrogen) atoms. The number of rotatable bonds is 7. The number of hydrogen-bond acceptors (Lipinski definition) is 5. The van der Waals surface area contributed by atoms with Crippen molar-refractivity contribution in [1.29, 1.82) is 0 Å². The lowest BCUT2D eigenvalue weighted by Gasteiger charge is -2.54. The summed E-state index contributed by atoms with van der Waals surface area (Å²) in [5.74, 6) is -0.582. The summed E-state index contributed by atoms with van der Waals surface area (Å²) in [7, 11) is 1.69. The molecule has 2 saturated heterocycles. The number of urea groups is 1. The second-order valence-electron chi connectivity index (χ2n) is 10.8. The number of amides is 4. The van der Waals surface area contributed by atoms with Crippen molar-refractivity contribution < 1.29 is 23.9 Å². The Labute approximate surface area is 233 Å². The summed E-state index contributed by atoms with van der Waals surface area (Å²) in [6.07, 6.45) is 7.07. The van der Waals surface area contributed by atoms with E-state index in [-0.39, 0.29) is 49.4 Å². The molecule has 2 aliphatic heterocycles. The number of hydrazine groups is 1. The molecule has 2 N–H and O–H groups in total. The summed E-state index contributed by atoms with van der Waals surface area (Å²) in [5, 5.41) is 15.7. The summed E-state index contributed by atoms with van der Waals surface area (Å²) < 4.78 is 13.3. The van der Waals surface area contributed by atoms with Crippen LogP contribution in [0.15, 0.2) is 60.2 Å². The van der Waals surface area contributed by atoms with Crippen LogP contribution in [0.4, 0.5) is 9.18 Å². The number of piperazine rings is 1. The topological polar surface area (TPSA) is 96.4 Å². The number of phenols is 1. The van der Waals surface area contributed by atoms with Gasteiger partial charge in [-0.2, -0.15) is 0 Å². The highest BCUT2D eigenvalue weighted by atomic mass is 19.1. The molecule has 9 nitrogen and oxygen atoms in total. The van der Waals surface area contributed by atoms with Gasteiger partial charge in [0.25, 0.3) is 0 Å². The third-order valence-corrected chi connectivity index (χ3v) is 7.96. The van der Waals surface area contributed by atoms with Gasteiger partial charge in [-0.25, -0.2) is 19.2 Å². The minimum atomic E-state index is -0.780. The fourth-order valence-corrected chi connectivity index (χ4v) is 5.83. The molecular weight excluding hydrogens is 513 g/mol. The van der Waals surface area contributed by atoms with E-state index in [0.717, 1.165) is 36.8 Å². The molecule has 2 aromatic carbocycles. The molecule has 0 bridgehead atoms. The number of aromatic hydroxyl groups is 1. The molecule has 212 valence electrons. The minimum absolute atomic E-state index is 0.0489. The molecule has 0 aromatic heterocycles. The van der Waals surface area contributed by atoms with Crippen LogP contribution in [0.25, 0.3) is 0 Å². The lowest BCUT2D eigenvalue weighted by molar-refractivity contribution is -0.186. The van der Waals surface area contributed by atoms with Gasteiger partial charge in [0.15, 0.2) is 0 Å². The highest BCUT2D eigenvalue weighted by Crippen LogP contribution is 2.29. The SMILES string of the molecule is CN1CC(=O)N2[C@@H](Cc3ccc(O)cc3)C(=O)N(CCC3=CCCCC3)C[C@@H]2N1C(=O)NCc1ccc(F)cc1. The van der Waals surface area contributed by atoms with Gasteiger partial charge < -0.3 is 20.2 Å². The van der Waals surface area contributed by atoms with Gasteiger partial charge in [0.2, 0.25) is 11.8 Å². The van der Waals surface area contributed by atoms with Gasteiger partial charge in [-0.05, 0) is 67.5 Å². The molecule has 2 aromatic rings. The van der Waals surface area contributed by atoms with Crippen molar-refractivity contribution in [3.05, 3.63) is 77.1 Å². The number of phenolic OH excluding ortho intramolecular Hbond substituents is 1. The van der Waals surface area contributed by atoms with E-state index in [4.69, 9.17) is 0 Å². The number of carbonyl (C=O) groups is 3. The summed E-state index contributed by atoms with van der Waals surface area (Å²) in [6.45, 7) is 0.868. The van der Waals surface area contributed by atoms with Crippen molar-refractivity contribution in [1.82, 2.24) is 25.1 Å². The first-order chi connectivity index (χ1) is 19.3. The number of benzene rings is 2. The maximum atomic E-state index is 13.9. The predicted octanol–water partition coefficient (Wildman–Crippen LogP) is 3.40. The van der Waals surface area contributed by atoms with E-state index in [9.17, 15) is 23.9 Å². The van der Waals surface area contributed by atoms with Gasteiger partial charge in [0.05, 0.1) is 13.1 Å². The highest BCUT2D eigenvalue weighted by Gasteiger charge is 2.50. The van der Waals surface area contributed by atoms with E-state index >= 15 is 0 Å². The van der Waals surface area contributed by atoms with Gasteiger partial charge >= 0.3 is 6.03 Å². The highest BCUT2D eigenvalue weighted by molar-refractivity contribution is 5.91. The summed E-state index contributed by atoms with van der Waals surface area (Å²) >= 11 is 0. The van der Waals surface area contributed by atoms with Crippen LogP contribution in [-0.2, 0) is 22.6 Å². The number of carbonyl (C=O) groups excluding carboxylic acids is 3. The molecule has 0 radical (unpaired) electrons. The van der Waals surface area contributed by atoms with Crippen LogP contribution in [-0.4, -0.2) is 81.7 Å². The standard InChI is InChI=1S/C30H36FN5O4/c1-33-20-28(38)35-26(17-22-9-13-25(37)14-10-22)29(39)34(16-15-21-5-3-2-4-6-21)19-27(35)36(33)30(40)32-18-23-7-11-24(31)12-8-23/h5,7-14,26-27,37H,2-4,6,15-20H2,1H3,(H,32,40)/t26-,27-/m0/s1. The van der Waals surface area contributed by atoms with E-state index in [1.54, 1.807) is 58.3 Å². The van der Waals surface area contributed by atoms with Crippen LogP contribution in [0.3, 0.4) is 0 Å². The molecule has 2 heterocycles. The zero-order valence-corrected chi connectivity index (χ0v) is 22.8. The van der Waals surface area contributed by atoms with E-state index in [1.807, 2.05) is 0 Å². The number of fused-ring (bicyclic) bond motifs is 1.